The first-order chi connectivity index (χ1) is 21.3. The third-order valence-electron chi connectivity index (χ3n) is 6.97. The van der Waals surface area contributed by atoms with Crippen molar-refractivity contribution in [2.75, 3.05) is 7.11 Å². The van der Waals surface area contributed by atoms with E-state index < -0.39 is 72.2 Å². The molecule has 2 heterocycles. The minimum atomic E-state index is -3.03. The predicted octanol–water partition coefficient (Wildman–Crippen LogP) is 2.00. The van der Waals surface area contributed by atoms with Crippen LogP contribution in [0.25, 0.3) is 0 Å². The zero-order chi connectivity index (χ0) is 33.3. The van der Waals surface area contributed by atoms with E-state index in [0.717, 1.165) is 26.5 Å². The number of nitrogens with one attached hydrogen (secondary N) is 1. The molecule has 1 N–H and O–H groups in total. The summed E-state index contributed by atoms with van der Waals surface area (Å²) in [6, 6.07) is 7.92. The van der Waals surface area contributed by atoms with E-state index in [0.29, 0.717) is 12.2 Å². The van der Waals surface area contributed by atoms with Crippen LogP contribution in [0.4, 0.5) is 9.18 Å². The number of aromatic nitrogens is 3. The fraction of sp³-hybridized carbons (Fsp3) is 0.552. The molecule has 15 nitrogen and oxygen atoms in total. The Morgan fingerprint density at radius 3 is 2.36 bits per heavy atom. The lowest BCUT2D eigenvalue weighted by Gasteiger charge is -2.49. The van der Waals surface area contributed by atoms with Gasteiger partial charge in [0.1, 0.15) is 18.4 Å². The fourth-order valence-electron chi connectivity index (χ4n) is 5.04. The molecule has 1 amide bonds. The van der Waals surface area contributed by atoms with Gasteiger partial charge in [0, 0.05) is 26.7 Å². The predicted molar refractivity (Wildman–Crippen MR) is 150 cm³/mol. The number of halogens is 1. The average Bonchev–Trinajstić information content (AvgIpc) is 3.44. The Labute approximate surface area is 258 Å². The quantitative estimate of drug-likeness (QED) is 0.264. The number of hydrogen-bond donors (Lipinski definition) is 1. The molecule has 1 aromatic carbocycles. The first-order valence-corrected chi connectivity index (χ1v) is 14.1. The summed E-state index contributed by atoms with van der Waals surface area (Å²) in [5.41, 5.74) is 1.27. The van der Waals surface area contributed by atoms with E-state index >= 15 is 4.39 Å². The van der Waals surface area contributed by atoms with Gasteiger partial charge in [-0.2, -0.15) is 0 Å². The van der Waals surface area contributed by atoms with Gasteiger partial charge in [0.15, 0.2) is 6.10 Å². The molecule has 7 atom stereocenters. The van der Waals surface area contributed by atoms with E-state index in [1.807, 2.05) is 30.3 Å². The molecule has 0 aliphatic carbocycles. The lowest BCUT2D eigenvalue weighted by molar-refractivity contribution is -0.320. The standard InChI is InChI=1S/C29H37FN4O11/c1-7-22(42-17(3)35)16(2)24-23(25(43-18(4)36)26(30)29(45-24,27(38)40-6)44-19(5)37)31-28(39)41-15-21-14-34(33-32-21)13-20-11-9-8-10-12-20/h8-12,14,16,22-26H,7,13,15H2,1-6H3,(H,31,39)/t16-,22-,23+,24?,25+,26?,29-/m1/s1. The summed E-state index contributed by atoms with van der Waals surface area (Å²) in [5, 5.41) is 10.4. The van der Waals surface area contributed by atoms with Crippen LogP contribution in [0.2, 0.25) is 0 Å². The van der Waals surface area contributed by atoms with E-state index in [9.17, 15) is 24.0 Å². The number of alkyl halides is 1. The van der Waals surface area contributed by atoms with E-state index in [4.69, 9.17) is 28.4 Å². The molecule has 1 fully saturated rings. The van der Waals surface area contributed by atoms with Gasteiger partial charge in [0.2, 0.25) is 6.17 Å². The van der Waals surface area contributed by atoms with Crippen molar-refractivity contribution in [2.45, 2.75) is 90.5 Å². The molecule has 0 saturated carbocycles. The van der Waals surface area contributed by atoms with Crippen molar-refractivity contribution in [3.8, 4) is 0 Å². The van der Waals surface area contributed by atoms with E-state index in [1.54, 1.807) is 17.8 Å². The Bertz CT molecular complexity index is 1360. The number of rotatable bonds is 12. The molecule has 1 aliphatic rings. The molecular weight excluding hydrogens is 599 g/mol. The van der Waals surface area contributed by atoms with Crippen molar-refractivity contribution in [1.29, 1.82) is 0 Å². The third-order valence-corrected chi connectivity index (χ3v) is 6.97. The van der Waals surface area contributed by atoms with Crippen molar-refractivity contribution < 1.29 is 56.8 Å². The molecular formula is C29H37FN4O11. The molecule has 0 radical (unpaired) electrons. The van der Waals surface area contributed by atoms with Crippen LogP contribution in [0.5, 0.6) is 0 Å². The molecule has 0 spiro atoms. The van der Waals surface area contributed by atoms with Crippen molar-refractivity contribution in [3.63, 3.8) is 0 Å². The summed E-state index contributed by atoms with van der Waals surface area (Å²) in [4.78, 5) is 62.0. The van der Waals surface area contributed by atoms with Crippen LogP contribution >= 0.6 is 0 Å². The normalized spacial score (nSPS) is 24.0. The van der Waals surface area contributed by atoms with Crippen LogP contribution in [0.15, 0.2) is 36.5 Å². The summed E-state index contributed by atoms with van der Waals surface area (Å²) in [6.07, 6.45) is -6.30. The van der Waals surface area contributed by atoms with Crippen molar-refractivity contribution in [2.24, 2.45) is 5.92 Å². The number of amides is 1. The van der Waals surface area contributed by atoms with Gasteiger partial charge in [-0.25, -0.2) is 18.7 Å². The van der Waals surface area contributed by atoms with Gasteiger partial charge in [-0.3, -0.25) is 14.4 Å². The number of benzene rings is 1. The molecule has 1 saturated heterocycles. The summed E-state index contributed by atoms with van der Waals surface area (Å²) in [7, 11) is 0.911. The number of carbonyl (C=O) groups excluding carboxylic acids is 5. The zero-order valence-corrected chi connectivity index (χ0v) is 25.8. The molecule has 0 bridgehead atoms. The largest absolute Gasteiger partial charge is 0.464 e. The van der Waals surface area contributed by atoms with Gasteiger partial charge in [0.05, 0.1) is 32.0 Å². The van der Waals surface area contributed by atoms with Gasteiger partial charge in [-0.1, -0.05) is 49.4 Å². The molecule has 1 aliphatic heterocycles. The first-order valence-electron chi connectivity index (χ1n) is 14.1. The smallest absolute Gasteiger partial charge is 0.407 e. The molecule has 16 heteroatoms. The Balaban J connectivity index is 1.91. The number of ether oxygens (including phenoxy) is 6. The zero-order valence-electron chi connectivity index (χ0n) is 25.8. The number of methoxy groups -OCH3 is 1. The highest BCUT2D eigenvalue weighted by atomic mass is 19.1. The van der Waals surface area contributed by atoms with Gasteiger partial charge < -0.3 is 33.7 Å². The van der Waals surface area contributed by atoms with Crippen LogP contribution in [-0.2, 0) is 60.8 Å². The second kappa shape index (κ2) is 15.4. The van der Waals surface area contributed by atoms with Crippen LogP contribution < -0.4 is 5.32 Å². The molecule has 2 aromatic rings. The topological polar surface area (TPSA) is 183 Å². The average molecular weight is 637 g/mol. The number of esters is 4. The van der Waals surface area contributed by atoms with Gasteiger partial charge in [-0.05, 0) is 12.0 Å². The summed E-state index contributed by atoms with van der Waals surface area (Å²) in [6.45, 7) is 6.38. The third kappa shape index (κ3) is 8.74. The maximum atomic E-state index is 16.3. The van der Waals surface area contributed by atoms with Gasteiger partial charge >= 0.3 is 35.8 Å². The second-order valence-corrected chi connectivity index (χ2v) is 10.4. The van der Waals surface area contributed by atoms with Gasteiger partial charge in [-0.15, -0.1) is 5.10 Å². The Kier molecular flexibility index (Phi) is 11.9. The van der Waals surface area contributed by atoms with Crippen LogP contribution in [0.3, 0.4) is 0 Å². The summed E-state index contributed by atoms with van der Waals surface area (Å²) < 4.78 is 49.4. The summed E-state index contributed by atoms with van der Waals surface area (Å²) >= 11 is 0. The number of carbonyl (C=O) groups is 5. The van der Waals surface area contributed by atoms with E-state index in [-0.39, 0.29) is 13.0 Å². The molecule has 2 unspecified atom stereocenters. The molecule has 3 rings (SSSR count). The van der Waals surface area contributed by atoms with Crippen LogP contribution in [-0.4, -0.2) is 88.4 Å². The van der Waals surface area contributed by atoms with Crippen LogP contribution in [0, 0.1) is 5.92 Å². The minimum absolute atomic E-state index is 0.229. The summed E-state index contributed by atoms with van der Waals surface area (Å²) in [5.74, 6) is -8.14. The van der Waals surface area contributed by atoms with Crippen molar-refractivity contribution >= 4 is 30.0 Å². The highest BCUT2D eigenvalue weighted by Crippen LogP contribution is 2.40. The molecule has 246 valence electrons. The number of nitrogens with zero attached hydrogens (tertiary/aromatic N) is 3. The van der Waals surface area contributed by atoms with Crippen LogP contribution in [0.1, 0.15) is 52.3 Å². The first kappa shape index (κ1) is 34.9. The van der Waals surface area contributed by atoms with Gasteiger partial charge in [0.25, 0.3) is 0 Å². The molecule has 45 heavy (non-hydrogen) atoms. The Hall–Kier alpha value is -4.60. The fourth-order valence-corrected chi connectivity index (χ4v) is 5.04. The molecule has 1 aromatic heterocycles. The van der Waals surface area contributed by atoms with Crippen molar-refractivity contribution in [3.05, 3.63) is 47.8 Å². The highest BCUT2D eigenvalue weighted by Gasteiger charge is 2.66. The SMILES string of the molecule is CC[C@@H](OC(C)=O)[C@@H](C)C1O[C@@](OC(C)=O)(C(=O)OC)C(F)[C@@H](OC(C)=O)[C@H]1NC(=O)OCc1cn(Cc2ccccc2)nn1. The Morgan fingerprint density at radius 1 is 1.09 bits per heavy atom. The highest BCUT2D eigenvalue weighted by molar-refractivity contribution is 5.83. The maximum Gasteiger partial charge on any atom is 0.407 e. The lowest BCUT2D eigenvalue weighted by Crippen LogP contribution is -2.73. The minimum Gasteiger partial charge on any atom is -0.464 e. The lowest BCUT2D eigenvalue weighted by atomic mass is 9.82. The van der Waals surface area contributed by atoms with E-state index in [1.165, 1.54) is 13.8 Å². The second-order valence-electron chi connectivity index (χ2n) is 10.4. The number of alkyl carbamates (subject to hydrolysis) is 1. The Morgan fingerprint density at radius 2 is 1.78 bits per heavy atom. The van der Waals surface area contributed by atoms with E-state index in [2.05, 4.69) is 15.6 Å². The monoisotopic (exact) mass is 636 g/mol. The maximum absolute atomic E-state index is 16.3. The number of hydrogen-bond acceptors (Lipinski definition) is 13. The van der Waals surface area contributed by atoms with Crippen molar-refractivity contribution in [1.82, 2.24) is 20.3 Å².